The Morgan fingerprint density at radius 1 is 1.29 bits per heavy atom. The third kappa shape index (κ3) is 3.93. The number of rotatable bonds is 4. The van der Waals surface area contributed by atoms with Crippen LogP contribution in [0.25, 0.3) is 0 Å². The first kappa shape index (κ1) is 16.9. The fraction of sp³-hybridized carbons (Fsp3) is 0.562. The van der Waals surface area contributed by atoms with E-state index in [-0.39, 0.29) is 6.03 Å². The summed E-state index contributed by atoms with van der Waals surface area (Å²) in [5.74, 6) is 0.762. The molecule has 7 nitrogen and oxygen atoms in total. The molecule has 130 valence electrons. The summed E-state index contributed by atoms with van der Waals surface area (Å²) in [5, 5.41) is 7.97. The third-order valence-electron chi connectivity index (χ3n) is 4.31. The van der Waals surface area contributed by atoms with Gasteiger partial charge in [0.1, 0.15) is 5.76 Å². The van der Waals surface area contributed by atoms with Crippen molar-refractivity contribution in [1.29, 1.82) is 0 Å². The highest BCUT2D eigenvalue weighted by Gasteiger charge is 2.22. The molecule has 1 aliphatic rings. The highest BCUT2D eigenvalue weighted by molar-refractivity contribution is 7.11. The second-order valence-electron chi connectivity index (χ2n) is 6.07. The Morgan fingerprint density at radius 2 is 2.04 bits per heavy atom. The van der Waals surface area contributed by atoms with Gasteiger partial charge in [0.15, 0.2) is 0 Å². The van der Waals surface area contributed by atoms with Gasteiger partial charge in [-0.2, -0.15) is 0 Å². The highest BCUT2D eigenvalue weighted by Crippen LogP contribution is 2.16. The topological polar surface area (TPSA) is 74.5 Å². The molecule has 0 unspecified atom stereocenters. The summed E-state index contributed by atoms with van der Waals surface area (Å²) in [7, 11) is 0. The van der Waals surface area contributed by atoms with Gasteiger partial charge in [0.25, 0.3) is 0 Å². The lowest BCUT2D eigenvalue weighted by atomic mass is 10.2. The van der Waals surface area contributed by atoms with Gasteiger partial charge in [-0.3, -0.25) is 4.90 Å². The molecule has 0 atom stereocenters. The van der Waals surface area contributed by atoms with Crippen LogP contribution in [0.1, 0.15) is 26.9 Å². The van der Waals surface area contributed by atoms with Crippen LogP contribution in [0.2, 0.25) is 0 Å². The molecule has 2 aromatic rings. The van der Waals surface area contributed by atoms with Crippen LogP contribution in [0.4, 0.5) is 4.79 Å². The SMILES string of the molecule is Cc1ncc(CN2CCN(C(=O)NCc3c(C)noc3C)CC2)s1. The summed E-state index contributed by atoms with van der Waals surface area (Å²) >= 11 is 1.74. The van der Waals surface area contributed by atoms with E-state index >= 15 is 0 Å². The minimum absolute atomic E-state index is 0.0247. The van der Waals surface area contributed by atoms with Gasteiger partial charge in [-0.15, -0.1) is 11.3 Å². The average molecular weight is 349 g/mol. The van der Waals surface area contributed by atoms with E-state index in [0.29, 0.717) is 6.54 Å². The van der Waals surface area contributed by atoms with Crippen molar-refractivity contribution in [1.82, 2.24) is 25.3 Å². The van der Waals surface area contributed by atoms with Crippen LogP contribution < -0.4 is 5.32 Å². The molecule has 0 aromatic carbocycles. The van der Waals surface area contributed by atoms with E-state index in [2.05, 4.69) is 20.4 Å². The molecule has 1 fully saturated rings. The average Bonchev–Trinajstić information content (AvgIpc) is 3.12. The number of aromatic nitrogens is 2. The summed E-state index contributed by atoms with van der Waals surface area (Å²) in [6.07, 6.45) is 1.95. The molecule has 1 aliphatic heterocycles. The van der Waals surface area contributed by atoms with Crippen LogP contribution in [0.3, 0.4) is 0 Å². The first-order chi connectivity index (χ1) is 11.5. The van der Waals surface area contributed by atoms with Crippen molar-refractivity contribution in [3.05, 3.63) is 33.1 Å². The molecular formula is C16H23N5O2S. The second-order valence-corrected chi connectivity index (χ2v) is 7.39. The predicted octanol–water partition coefficient (Wildman–Crippen LogP) is 2.08. The number of carbonyl (C=O) groups excluding carboxylic acids is 1. The zero-order chi connectivity index (χ0) is 17.1. The fourth-order valence-corrected chi connectivity index (χ4v) is 3.68. The number of aryl methyl sites for hydroxylation is 3. The number of thiazole rings is 1. The highest BCUT2D eigenvalue weighted by atomic mass is 32.1. The van der Waals surface area contributed by atoms with Gasteiger partial charge in [-0.1, -0.05) is 5.16 Å². The molecule has 8 heteroatoms. The molecule has 0 spiro atoms. The summed E-state index contributed by atoms with van der Waals surface area (Å²) in [6, 6.07) is -0.0247. The van der Waals surface area contributed by atoms with Crippen LogP contribution in [0.15, 0.2) is 10.7 Å². The molecule has 0 radical (unpaired) electrons. The van der Waals surface area contributed by atoms with Gasteiger partial charge >= 0.3 is 6.03 Å². The maximum absolute atomic E-state index is 12.3. The van der Waals surface area contributed by atoms with E-state index in [9.17, 15) is 4.79 Å². The Labute approximate surface area is 145 Å². The van der Waals surface area contributed by atoms with Gasteiger partial charge in [0, 0.05) is 55.9 Å². The predicted molar refractivity (Wildman–Crippen MR) is 91.9 cm³/mol. The number of hydrogen-bond donors (Lipinski definition) is 1. The number of nitrogens with zero attached hydrogens (tertiary/aromatic N) is 4. The number of urea groups is 1. The zero-order valence-electron chi connectivity index (χ0n) is 14.3. The minimum Gasteiger partial charge on any atom is -0.361 e. The van der Waals surface area contributed by atoms with Crippen molar-refractivity contribution in [3.8, 4) is 0 Å². The van der Waals surface area contributed by atoms with Gasteiger partial charge in [-0.25, -0.2) is 9.78 Å². The molecule has 1 N–H and O–H groups in total. The van der Waals surface area contributed by atoms with Crippen LogP contribution in [0, 0.1) is 20.8 Å². The maximum Gasteiger partial charge on any atom is 0.317 e. The van der Waals surface area contributed by atoms with Crippen LogP contribution >= 0.6 is 11.3 Å². The Hall–Kier alpha value is -1.93. The van der Waals surface area contributed by atoms with Gasteiger partial charge in [-0.05, 0) is 20.8 Å². The number of nitrogens with one attached hydrogen (secondary N) is 1. The summed E-state index contributed by atoms with van der Waals surface area (Å²) in [5.41, 5.74) is 1.79. The van der Waals surface area contributed by atoms with Crippen molar-refractivity contribution in [2.24, 2.45) is 0 Å². The molecule has 2 aromatic heterocycles. The standard InChI is InChI=1S/C16H23N5O2S/c1-11-15(12(2)23-19-11)9-18-16(22)21-6-4-20(5-7-21)10-14-8-17-13(3)24-14/h8H,4-7,9-10H2,1-3H3,(H,18,22). The zero-order valence-corrected chi connectivity index (χ0v) is 15.2. The molecule has 1 saturated heterocycles. The molecule has 0 aliphatic carbocycles. The number of carbonyl (C=O) groups is 1. The lowest BCUT2D eigenvalue weighted by Crippen LogP contribution is -2.51. The second kappa shape index (κ2) is 7.31. The molecular weight excluding hydrogens is 326 g/mol. The maximum atomic E-state index is 12.3. The number of piperazine rings is 1. The third-order valence-corrected chi connectivity index (χ3v) is 5.20. The molecule has 3 rings (SSSR count). The van der Waals surface area contributed by atoms with E-state index < -0.39 is 0 Å². The Morgan fingerprint density at radius 3 is 2.62 bits per heavy atom. The quantitative estimate of drug-likeness (QED) is 0.915. The first-order valence-electron chi connectivity index (χ1n) is 8.11. The smallest absolute Gasteiger partial charge is 0.317 e. The summed E-state index contributed by atoms with van der Waals surface area (Å²) in [6.45, 7) is 10.4. The van der Waals surface area contributed by atoms with E-state index in [1.54, 1.807) is 11.3 Å². The molecule has 0 bridgehead atoms. The minimum atomic E-state index is -0.0247. The fourth-order valence-electron chi connectivity index (χ4n) is 2.84. The van der Waals surface area contributed by atoms with E-state index in [1.807, 2.05) is 31.9 Å². The van der Waals surface area contributed by atoms with Gasteiger partial charge in [0.05, 0.1) is 10.7 Å². The van der Waals surface area contributed by atoms with Crippen LogP contribution in [-0.4, -0.2) is 52.2 Å². The summed E-state index contributed by atoms with van der Waals surface area (Å²) in [4.78, 5) is 22.1. The lowest BCUT2D eigenvalue weighted by Gasteiger charge is -2.34. The number of hydrogen-bond acceptors (Lipinski definition) is 6. The molecule has 3 heterocycles. The normalized spacial score (nSPS) is 15.7. The van der Waals surface area contributed by atoms with E-state index in [4.69, 9.17) is 4.52 Å². The van der Waals surface area contributed by atoms with Gasteiger partial charge in [0.2, 0.25) is 0 Å². The van der Waals surface area contributed by atoms with Crippen molar-refractivity contribution < 1.29 is 9.32 Å². The molecule has 2 amide bonds. The largest absolute Gasteiger partial charge is 0.361 e. The monoisotopic (exact) mass is 349 g/mol. The van der Waals surface area contributed by atoms with E-state index in [1.165, 1.54) is 4.88 Å². The Bertz CT molecular complexity index is 684. The van der Waals surface area contributed by atoms with Crippen molar-refractivity contribution in [3.63, 3.8) is 0 Å². The molecule has 24 heavy (non-hydrogen) atoms. The summed E-state index contributed by atoms with van der Waals surface area (Å²) < 4.78 is 5.12. The van der Waals surface area contributed by atoms with Gasteiger partial charge < -0.3 is 14.7 Å². The van der Waals surface area contributed by atoms with Crippen molar-refractivity contribution in [2.75, 3.05) is 26.2 Å². The first-order valence-corrected chi connectivity index (χ1v) is 8.93. The number of amides is 2. The Balaban J connectivity index is 1.45. The van der Waals surface area contributed by atoms with E-state index in [0.717, 1.165) is 54.7 Å². The van der Waals surface area contributed by atoms with Crippen molar-refractivity contribution >= 4 is 17.4 Å². The van der Waals surface area contributed by atoms with Crippen molar-refractivity contribution in [2.45, 2.75) is 33.9 Å². The Kier molecular flexibility index (Phi) is 5.15. The van der Waals surface area contributed by atoms with Crippen LogP contribution in [-0.2, 0) is 13.1 Å². The molecule has 0 saturated carbocycles. The lowest BCUT2D eigenvalue weighted by molar-refractivity contribution is 0.135. The van der Waals surface area contributed by atoms with Crippen LogP contribution in [0.5, 0.6) is 0 Å².